The summed E-state index contributed by atoms with van der Waals surface area (Å²) in [6.07, 6.45) is 0. The van der Waals surface area contributed by atoms with E-state index in [1.54, 1.807) is 13.0 Å². The van der Waals surface area contributed by atoms with Crippen LogP contribution in [0, 0.1) is 13.8 Å². The van der Waals surface area contributed by atoms with Crippen molar-refractivity contribution in [1.29, 1.82) is 0 Å². The number of nitrogens with zero attached hydrogens (tertiary/aromatic N) is 1. The predicted octanol–water partition coefficient (Wildman–Crippen LogP) is 2.87. The molecular weight excluding hydrogens is 228 g/mol. The van der Waals surface area contributed by atoms with E-state index in [1.165, 1.54) is 0 Å². The number of aromatic nitrogens is 2. The molecule has 0 aliphatic rings. The number of hydrogen-bond acceptors (Lipinski definition) is 3. The Morgan fingerprint density at radius 1 is 1.33 bits per heavy atom. The number of ether oxygens (including phenoxy) is 1. The lowest BCUT2D eigenvalue weighted by atomic mass is 10.00. The highest BCUT2D eigenvalue weighted by atomic mass is 16.5. The summed E-state index contributed by atoms with van der Waals surface area (Å²) in [5, 5.41) is 6.90. The van der Waals surface area contributed by atoms with E-state index >= 15 is 0 Å². The number of aromatic amines is 1. The summed E-state index contributed by atoms with van der Waals surface area (Å²) < 4.78 is 4.93. The summed E-state index contributed by atoms with van der Waals surface area (Å²) in [4.78, 5) is 11.6. The van der Waals surface area contributed by atoms with Crippen LogP contribution in [-0.4, -0.2) is 22.8 Å². The standard InChI is InChI=1S/C14H16N2O2/c1-4-18-14(17)12-8-11(15-16-12)13-9(2)6-5-7-10(13)3/h5-8H,4H2,1-3H3,(H,15,16). The molecule has 2 aromatic rings. The smallest absolute Gasteiger partial charge is 0.356 e. The van der Waals surface area contributed by atoms with Crippen LogP contribution in [0.4, 0.5) is 0 Å². The number of H-pyrrole nitrogens is 1. The topological polar surface area (TPSA) is 55.0 Å². The maximum Gasteiger partial charge on any atom is 0.356 e. The second-order valence-electron chi connectivity index (χ2n) is 4.15. The number of carbonyl (C=O) groups is 1. The van der Waals surface area contributed by atoms with E-state index in [0.717, 1.165) is 22.4 Å². The zero-order chi connectivity index (χ0) is 13.1. The van der Waals surface area contributed by atoms with Crippen LogP contribution in [0.2, 0.25) is 0 Å². The molecule has 1 N–H and O–H groups in total. The molecule has 0 aliphatic heterocycles. The lowest BCUT2D eigenvalue weighted by Crippen LogP contribution is -2.04. The lowest BCUT2D eigenvalue weighted by Gasteiger charge is -2.05. The van der Waals surface area contributed by atoms with Crippen LogP contribution in [0.25, 0.3) is 11.3 Å². The first-order valence-corrected chi connectivity index (χ1v) is 5.92. The molecule has 4 heteroatoms. The molecule has 0 unspecified atom stereocenters. The number of carbonyl (C=O) groups excluding carboxylic acids is 1. The fourth-order valence-electron chi connectivity index (χ4n) is 1.98. The molecule has 0 saturated heterocycles. The third-order valence-electron chi connectivity index (χ3n) is 2.81. The summed E-state index contributed by atoms with van der Waals surface area (Å²) in [6, 6.07) is 7.79. The highest BCUT2D eigenvalue weighted by molar-refractivity contribution is 5.89. The molecule has 1 heterocycles. The van der Waals surface area contributed by atoms with Crippen molar-refractivity contribution in [1.82, 2.24) is 10.2 Å². The Labute approximate surface area is 106 Å². The number of rotatable bonds is 3. The molecule has 0 saturated carbocycles. The van der Waals surface area contributed by atoms with Gasteiger partial charge >= 0.3 is 5.97 Å². The Kier molecular flexibility index (Phi) is 3.46. The first-order chi connectivity index (χ1) is 8.63. The van der Waals surface area contributed by atoms with Crippen molar-refractivity contribution >= 4 is 5.97 Å². The number of benzene rings is 1. The van der Waals surface area contributed by atoms with Crippen molar-refractivity contribution in [2.24, 2.45) is 0 Å². The van der Waals surface area contributed by atoms with E-state index in [1.807, 2.05) is 32.0 Å². The van der Waals surface area contributed by atoms with Crippen LogP contribution >= 0.6 is 0 Å². The van der Waals surface area contributed by atoms with Crippen molar-refractivity contribution < 1.29 is 9.53 Å². The summed E-state index contributed by atoms with van der Waals surface area (Å²) in [6.45, 7) is 6.19. The quantitative estimate of drug-likeness (QED) is 0.845. The van der Waals surface area contributed by atoms with Crippen LogP contribution in [-0.2, 0) is 4.74 Å². The van der Waals surface area contributed by atoms with E-state index in [9.17, 15) is 4.79 Å². The number of aryl methyl sites for hydroxylation is 2. The molecule has 4 nitrogen and oxygen atoms in total. The zero-order valence-electron chi connectivity index (χ0n) is 10.8. The van der Waals surface area contributed by atoms with Gasteiger partial charge in [-0.25, -0.2) is 4.79 Å². The summed E-state index contributed by atoms with van der Waals surface area (Å²) in [7, 11) is 0. The minimum Gasteiger partial charge on any atom is -0.461 e. The largest absolute Gasteiger partial charge is 0.461 e. The average molecular weight is 244 g/mol. The molecule has 0 bridgehead atoms. The van der Waals surface area contributed by atoms with Crippen molar-refractivity contribution in [2.45, 2.75) is 20.8 Å². The molecule has 1 aromatic carbocycles. The van der Waals surface area contributed by atoms with Crippen LogP contribution in [0.1, 0.15) is 28.5 Å². The summed E-state index contributed by atoms with van der Waals surface area (Å²) >= 11 is 0. The van der Waals surface area contributed by atoms with Gasteiger partial charge < -0.3 is 4.74 Å². The van der Waals surface area contributed by atoms with Gasteiger partial charge in [-0.2, -0.15) is 5.10 Å². The maximum atomic E-state index is 11.6. The first-order valence-electron chi connectivity index (χ1n) is 5.92. The minimum atomic E-state index is -0.373. The minimum absolute atomic E-state index is 0.358. The third kappa shape index (κ3) is 2.27. The van der Waals surface area contributed by atoms with E-state index < -0.39 is 0 Å². The van der Waals surface area contributed by atoms with Gasteiger partial charge in [-0.15, -0.1) is 0 Å². The Hall–Kier alpha value is -2.10. The monoisotopic (exact) mass is 244 g/mol. The normalized spacial score (nSPS) is 10.4. The zero-order valence-corrected chi connectivity index (χ0v) is 10.8. The average Bonchev–Trinajstić information content (AvgIpc) is 2.78. The van der Waals surface area contributed by atoms with Gasteiger partial charge in [-0.3, -0.25) is 5.10 Å². The van der Waals surface area contributed by atoms with Crippen LogP contribution in [0.15, 0.2) is 24.3 Å². The van der Waals surface area contributed by atoms with Gasteiger partial charge in [0.05, 0.1) is 12.3 Å². The number of hydrogen-bond donors (Lipinski definition) is 1. The second-order valence-corrected chi connectivity index (χ2v) is 4.15. The fourth-order valence-corrected chi connectivity index (χ4v) is 1.98. The first kappa shape index (κ1) is 12.4. The van der Waals surface area contributed by atoms with E-state index in [0.29, 0.717) is 12.3 Å². The Morgan fingerprint density at radius 3 is 2.61 bits per heavy atom. The summed E-state index contributed by atoms with van der Waals surface area (Å²) in [5.74, 6) is -0.373. The molecule has 0 spiro atoms. The highest BCUT2D eigenvalue weighted by Gasteiger charge is 2.14. The van der Waals surface area contributed by atoms with Crippen LogP contribution < -0.4 is 0 Å². The molecular formula is C14H16N2O2. The van der Waals surface area contributed by atoms with Gasteiger partial charge in [0.15, 0.2) is 0 Å². The van der Waals surface area contributed by atoms with Gasteiger partial charge in [-0.1, -0.05) is 18.2 Å². The third-order valence-corrected chi connectivity index (χ3v) is 2.81. The molecule has 0 radical (unpaired) electrons. The fraction of sp³-hybridized carbons (Fsp3) is 0.286. The number of esters is 1. The molecule has 0 fully saturated rings. The van der Waals surface area contributed by atoms with Crippen LogP contribution in [0.3, 0.4) is 0 Å². The molecule has 18 heavy (non-hydrogen) atoms. The molecule has 0 aliphatic carbocycles. The van der Waals surface area contributed by atoms with Gasteiger partial charge in [-0.05, 0) is 38.0 Å². The van der Waals surface area contributed by atoms with Gasteiger partial charge in [0.2, 0.25) is 0 Å². The summed E-state index contributed by atoms with van der Waals surface area (Å²) in [5.41, 5.74) is 4.49. The van der Waals surface area contributed by atoms with Crippen LogP contribution in [0.5, 0.6) is 0 Å². The molecule has 2 rings (SSSR count). The Balaban J connectivity index is 2.38. The predicted molar refractivity (Wildman–Crippen MR) is 69.5 cm³/mol. The van der Waals surface area contributed by atoms with Crippen molar-refractivity contribution in [3.8, 4) is 11.3 Å². The van der Waals surface area contributed by atoms with E-state index in [-0.39, 0.29) is 5.97 Å². The van der Waals surface area contributed by atoms with E-state index in [4.69, 9.17) is 4.74 Å². The van der Waals surface area contributed by atoms with Gasteiger partial charge in [0, 0.05) is 5.56 Å². The molecule has 1 aromatic heterocycles. The van der Waals surface area contributed by atoms with E-state index in [2.05, 4.69) is 10.2 Å². The highest BCUT2D eigenvalue weighted by Crippen LogP contribution is 2.25. The number of nitrogens with one attached hydrogen (secondary N) is 1. The maximum absolute atomic E-state index is 11.6. The molecule has 0 atom stereocenters. The Bertz CT molecular complexity index is 553. The van der Waals surface area contributed by atoms with Crippen molar-refractivity contribution in [3.63, 3.8) is 0 Å². The van der Waals surface area contributed by atoms with Gasteiger partial charge in [0.25, 0.3) is 0 Å². The molecule has 0 amide bonds. The lowest BCUT2D eigenvalue weighted by molar-refractivity contribution is 0.0519. The van der Waals surface area contributed by atoms with Crippen molar-refractivity contribution in [2.75, 3.05) is 6.61 Å². The Morgan fingerprint density at radius 2 is 2.00 bits per heavy atom. The molecule has 94 valence electrons. The van der Waals surface area contributed by atoms with Crippen molar-refractivity contribution in [3.05, 3.63) is 41.1 Å². The SMILES string of the molecule is CCOC(=O)c1cc(-c2c(C)cccc2C)n[nH]1. The van der Waals surface area contributed by atoms with Gasteiger partial charge in [0.1, 0.15) is 5.69 Å². The second kappa shape index (κ2) is 5.04.